The maximum atomic E-state index is 9.24. The fraction of sp³-hybridized carbons (Fsp3) is 0.0588. The predicted molar refractivity (Wildman–Crippen MR) is 79.5 cm³/mol. The van der Waals surface area contributed by atoms with E-state index in [-0.39, 0.29) is 0 Å². The van der Waals surface area contributed by atoms with Gasteiger partial charge < -0.3 is 9.47 Å². The molecule has 0 saturated carbocycles. The second-order valence-electron chi connectivity index (χ2n) is 4.41. The minimum Gasteiger partial charge on any atom is -0.497 e. The number of ether oxygens (including phenoxy) is 2. The van der Waals surface area contributed by atoms with Crippen LogP contribution < -0.4 is 9.47 Å². The molecule has 0 aliphatic rings. The molecule has 2 aromatic carbocycles. The zero-order valence-corrected chi connectivity index (χ0v) is 11.4. The summed E-state index contributed by atoms with van der Waals surface area (Å²) in [4.78, 5) is 4.42. The number of aromatic nitrogens is 1. The van der Waals surface area contributed by atoms with Gasteiger partial charge in [-0.25, -0.2) is 4.98 Å². The molecule has 3 aromatic rings. The zero-order chi connectivity index (χ0) is 14.7. The molecular weight excluding hydrogens is 264 g/mol. The molecule has 4 heteroatoms. The van der Waals surface area contributed by atoms with Crippen LogP contribution in [0.25, 0.3) is 10.9 Å². The second-order valence-corrected chi connectivity index (χ2v) is 4.41. The largest absolute Gasteiger partial charge is 0.497 e. The van der Waals surface area contributed by atoms with E-state index in [1.54, 1.807) is 25.3 Å². The van der Waals surface area contributed by atoms with Gasteiger partial charge in [-0.3, -0.25) is 0 Å². The zero-order valence-electron chi connectivity index (χ0n) is 11.4. The molecule has 0 aliphatic heterocycles. The molecular formula is C17H12N2O2. The van der Waals surface area contributed by atoms with Gasteiger partial charge in [-0.1, -0.05) is 18.2 Å². The van der Waals surface area contributed by atoms with Crippen LogP contribution in [0, 0.1) is 11.3 Å². The summed E-state index contributed by atoms with van der Waals surface area (Å²) in [5.41, 5.74) is 1.28. The van der Waals surface area contributed by atoms with Crippen molar-refractivity contribution in [3.05, 3.63) is 60.2 Å². The van der Waals surface area contributed by atoms with Crippen LogP contribution in [0.15, 0.2) is 54.6 Å². The summed E-state index contributed by atoms with van der Waals surface area (Å²) in [5.74, 6) is 1.80. The number of rotatable bonds is 3. The fourth-order valence-electron chi connectivity index (χ4n) is 2.06. The van der Waals surface area contributed by atoms with Gasteiger partial charge in [0, 0.05) is 11.5 Å². The van der Waals surface area contributed by atoms with Gasteiger partial charge in [0.25, 0.3) is 0 Å². The summed E-state index contributed by atoms with van der Waals surface area (Å²) in [5, 5.41) is 10.1. The molecule has 0 atom stereocenters. The van der Waals surface area contributed by atoms with Gasteiger partial charge in [0.2, 0.25) is 5.88 Å². The van der Waals surface area contributed by atoms with E-state index in [1.807, 2.05) is 36.4 Å². The van der Waals surface area contributed by atoms with Crippen molar-refractivity contribution in [3.8, 4) is 23.4 Å². The molecule has 0 bridgehead atoms. The van der Waals surface area contributed by atoms with Crippen LogP contribution in [0.3, 0.4) is 0 Å². The quantitative estimate of drug-likeness (QED) is 0.727. The summed E-state index contributed by atoms with van der Waals surface area (Å²) in [6, 6.07) is 18.5. The summed E-state index contributed by atoms with van der Waals surface area (Å²) < 4.78 is 10.8. The number of hydrogen-bond acceptors (Lipinski definition) is 4. The SMILES string of the molecule is COc1ccc(Oc2cc(C#N)c3ccccc3n2)cc1. The van der Waals surface area contributed by atoms with Crippen LogP contribution in [-0.4, -0.2) is 12.1 Å². The number of hydrogen-bond donors (Lipinski definition) is 0. The molecule has 0 fully saturated rings. The molecule has 102 valence electrons. The minimum atomic E-state index is 0.399. The second kappa shape index (κ2) is 5.51. The first kappa shape index (κ1) is 12.9. The van der Waals surface area contributed by atoms with Gasteiger partial charge in [0.15, 0.2) is 0 Å². The van der Waals surface area contributed by atoms with E-state index in [9.17, 15) is 5.26 Å². The number of nitriles is 1. The van der Waals surface area contributed by atoms with Crippen LogP contribution in [-0.2, 0) is 0 Å². The van der Waals surface area contributed by atoms with Crippen LogP contribution >= 0.6 is 0 Å². The Kier molecular flexibility index (Phi) is 3.40. The van der Waals surface area contributed by atoms with Crippen molar-refractivity contribution in [1.29, 1.82) is 5.26 Å². The Balaban J connectivity index is 1.98. The van der Waals surface area contributed by atoms with E-state index in [0.29, 0.717) is 17.2 Å². The van der Waals surface area contributed by atoms with Gasteiger partial charge in [-0.05, 0) is 30.3 Å². The maximum Gasteiger partial charge on any atom is 0.221 e. The van der Waals surface area contributed by atoms with Crippen molar-refractivity contribution in [2.75, 3.05) is 7.11 Å². The molecule has 0 amide bonds. The van der Waals surface area contributed by atoms with E-state index in [0.717, 1.165) is 16.7 Å². The highest BCUT2D eigenvalue weighted by Crippen LogP contribution is 2.26. The topological polar surface area (TPSA) is 55.1 Å². The molecule has 0 radical (unpaired) electrons. The monoisotopic (exact) mass is 276 g/mol. The third-order valence-corrected chi connectivity index (χ3v) is 3.09. The van der Waals surface area contributed by atoms with Crippen LogP contribution in [0.2, 0.25) is 0 Å². The Hall–Kier alpha value is -3.06. The highest BCUT2D eigenvalue weighted by Gasteiger charge is 2.07. The molecule has 0 aliphatic carbocycles. The van der Waals surface area contributed by atoms with Gasteiger partial charge >= 0.3 is 0 Å². The molecule has 0 saturated heterocycles. The Morgan fingerprint density at radius 1 is 1.00 bits per heavy atom. The van der Waals surface area contributed by atoms with Crippen molar-refractivity contribution in [1.82, 2.24) is 4.98 Å². The standard InChI is InChI=1S/C17H12N2O2/c1-20-13-6-8-14(9-7-13)21-17-10-12(11-18)15-4-2-3-5-16(15)19-17/h2-10H,1H3. The Labute approximate surface area is 122 Å². The molecule has 0 N–H and O–H groups in total. The number of nitrogens with zero attached hydrogens (tertiary/aromatic N) is 2. The predicted octanol–water partition coefficient (Wildman–Crippen LogP) is 3.91. The number of pyridine rings is 1. The van der Waals surface area contributed by atoms with Crippen molar-refractivity contribution < 1.29 is 9.47 Å². The summed E-state index contributed by atoms with van der Waals surface area (Å²) in [7, 11) is 1.61. The third-order valence-electron chi connectivity index (χ3n) is 3.09. The summed E-state index contributed by atoms with van der Waals surface area (Å²) >= 11 is 0. The third kappa shape index (κ3) is 2.63. The number of fused-ring (bicyclic) bond motifs is 1. The van der Waals surface area contributed by atoms with Crippen molar-refractivity contribution in [3.63, 3.8) is 0 Å². The Morgan fingerprint density at radius 3 is 2.43 bits per heavy atom. The molecule has 0 unspecified atom stereocenters. The van der Waals surface area contributed by atoms with Gasteiger partial charge in [0.05, 0.1) is 18.2 Å². The van der Waals surface area contributed by atoms with Gasteiger partial charge in [-0.2, -0.15) is 5.26 Å². The lowest BCUT2D eigenvalue weighted by molar-refractivity contribution is 0.412. The van der Waals surface area contributed by atoms with Gasteiger partial charge in [-0.15, -0.1) is 0 Å². The van der Waals surface area contributed by atoms with Crippen molar-refractivity contribution >= 4 is 10.9 Å². The van der Waals surface area contributed by atoms with E-state index in [4.69, 9.17) is 9.47 Å². The minimum absolute atomic E-state index is 0.399. The fourth-order valence-corrected chi connectivity index (χ4v) is 2.06. The first-order valence-corrected chi connectivity index (χ1v) is 6.42. The molecule has 1 aromatic heterocycles. The first-order chi connectivity index (χ1) is 10.3. The first-order valence-electron chi connectivity index (χ1n) is 6.42. The number of benzene rings is 2. The van der Waals surface area contributed by atoms with Crippen LogP contribution in [0.5, 0.6) is 17.4 Å². The average Bonchev–Trinajstić information content (AvgIpc) is 2.55. The molecule has 21 heavy (non-hydrogen) atoms. The normalized spacial score (nSPS) is 10.1. The van der Waals surface area contributed by atoms with Crippen molar-refractivity contribution in [2.45, 2.75) is 0 Å². The molecule has 3 rings (SSSR count). The molecule has 1 heterocycles. The Morgan fingerprint density at radius 2 is 1.71 bits per heavy atom. The van der Waals surface area contributed by atoms with Crippen molar-refractivity contribution in [2.24, 2.45) is 0 Å². The lowest BCUT2D eigenvalue weighted by Crippen LogP contribution is -1.91. The van der Waals surface area contributed by atoms with E-state index in [1.165, 1.54) is 0 Å². The number of para-hydroxylation sites is 1. The van der Waals surface area contributed by atoms with Crippen LogP contribution in [0.4, 0.5) is 0 Å². The number of methoxy groups -OCH3 is 1. The molecule has 0 spiro atoms. The highest BCUT2D eigenvalue weighted by molar-refractivity contribution is 5.85. The lowest BCUT2D eigenvalue weighted by atomic mass is 10.1. The maximum absolute atomic E-state index is 9.24. The van der Waals surface area contributed by atoms with E-state index >= 15 is 0 Å². The van der Waals surface area contributed by atoms with Gasteiger partial charge in [0.1, 0.15) is 17.6 Å². The Bertz CT molecular complexity index is 820. The summed E-state index contributed by atoms with van der Waals surface area (Å²) in [6.45, 7) is 0. The van der Waals surface area contributed by atoms with Crippen LogP contribution in [0.1, 0.15) is 5.56 Å². The van der Waals surface area contributed by atoms with E-state index in [2.05, 4.69) is 11.1 Å². The smallest absolute Gasteiger partial charge is 0.221 e. The lowest BCUT2D eigenvalue weighted by Gasteiger charge is -2.07. The summed E-state index contributed by atoms with van der Waals surface area (Å²) in [6.07, 6.45) is 0. The molecule has 4 nitrogen and oxygen atoms in total. The van der Waals surface area contributed by atoms with E-state index < -0.39 is 0 Å². The highest BCUT2D eigenvalue weighted by atomic mass is 16.5. The average molecular weight is 276 g/mol.